The van der Waals surface area contributed by atoms with Crippen LogP contribution in [0.5, 0.6) is 0 Å². The van der Waals surface area contributed by atoms with E-state index in [1.54, 1.807) is 0 Å². The Kier molecular flexibility index (Phi) is 6.15. The van der Waals surface area contributed by atoms with E-state index in [1.165, 1.54) is 12.5 Å². The van der Waals surface area contributed by atoms with E-state index in [2.05, 4.69) is 25.0 Å². The maximum absolute atomic E-state index is 14.8. The smallest absolute Gasteiger partial charge is 0.367 e. The van der Waals surface area contributed by atoms with Crippen LogP contribution >= 0.6 is 11.9 Å². The molecule has 0 fully saturated rings. The first-order chi connectivity index (χ1) is 14.1. The van der Waals surface area contributed by atoms with E-state index < -0.39 is 40.6 Å². The summed E-state index contributed by atoms with van der Waals surface area (Å²) < 4.78 is 68.3. The standard InChI is InChI=1S/C18H16F5N5OS/c1-8(2)27-17-12-9(5-24-16(12)25-7-26-17)15(29)13-10(19)3-4-11(14(13)20)28-30-6-18(21,22)23/h3-5,7-8,28H,6H2,1-2H3,(H2,24,25,26,27). The van der Waals surface area contributed by atoms with Crippen LogP contribution in [-0.2, 0) is 0 Å². The highest BCUT2D eigenvalue weighted by molar-refractivity contribution is 8.00. The highest BCUT2D eigenvalue weighted by Crippen LogP contribution is 2.31. The van der Waals surface area contributed by atoms with E-state index in [0.717, 1.165) is 12.1 Å². The number of anilines is 2. The van der Waals surface area contributed by atoms with Gasteiger partial charge in [0.05, 0.1) is 22.2 Å². The van der Waals surface area contributed by atoms with Crippen LogP contribution in [0.1, 0.15) is 29.8 Å². The third-order valence-corrected chi connectivity index (χ3v) is 4.71. The molecule has 2 heterocycles. The van der Waals surface area contributed by atoms with Gasteiger partial charge < -0.3 is 15.0 Å². The van der Waals surface area contributed by atoms with Gasteiger partial charge in [-0.25, -0.2) is 18.7 Å². The molecule has 0 amide bonds. The van der Waals surface area contributed by atoms with Crippen molar-refractivity contribution in [1.29, 1.82) is 0 Å². The number of carbonyl (C=O) groups excluding carboxylic acids is 1. The molecule has 1 aromatic carbocycles. The van der Waals surface area contributed by atoms with Crippen LogP contribution in [-0.4, -0.2) is 38.7 Å². The Morgan fingerprint density at radius 3 is 2.63 bits per heavy atom. The number of hydrogen-bond acceptors (Lipinski definition) is 6. The molecule has 3 rings (SSSR count). The van der Waals surface area contributed by atoms with Crippen molar-refractivity contribution in [2.45, 2.75) is 26.1 Å². The third-order valence-electron chi connectivity index (χ3n) is 3.88. The Labute approximate surface area is 171 Å². The minimum absolute atomic E-state index is 0.0485. The van der Waals surface area contributed by atoms with Gasteiger partial charge >= 0.3 is 6.18 Å². The van der Waals surface area contributed by atoms with Gasteiger partial charge in [-0.3, -0.25) is 4.79 Å². The van der Waals surface area contributed by atoms with Crippen molar-refractivity contribution in [2.24, 2.45) is 0 Å². The zero-order valence-electron chi connectivity index (χ0n) is 15.7. The second kappa shape index (κ2) is 8.46. The van der Waals surface area contributed by atoms with Gasteiger partial charge in [0, 0.05) is 12.2 Å². The molecule has 160 valence electrons. The lowest BCUT2D eigenvalue weighted by Gasteiger charge is -2.12. The fourth-order valence-corrected chi connectivity index (χ4v) is 3.24. The molecule has 0 unspecified atom stereocenters. The van der Waals surface area contributed by atoms with Crippen LogP contribution in [0.15, 0.2) is 24.7 Å². The van der Waals surface area contributed by atoms with E-state index in [0.29, 0.717) is 5.82 Å². The Balaban J connectivity index is 2.00. The summed E-state index contributed by atoms with van der Waals surface area (Å²) >= 11 is 0.178. The summed E-state index contributed by atoms with van der Waals surface area (Å²) in [5.41, 5.74) is -1.13. The van der Waals surface area contributed by atoms with Crippen LogP contribution in [0, 0.1) is 11.6 Å². The number of benzene rings is 1. The predicted octanol–water partition coefficient (Wildman–Crippen LogP) is 4.91. The number of alkyl halides is 3. The molecule has 6 nitrogen and oxygen atoms in total. The van der Waals surface area contributed by atoms with Gasteiger partial charge in [-0.2, -0.15) is 13.2 Å². The van der Waals surface area contributed by atoms with Crippen LogP contribution in [0.4, 0.5) is 33.5 Å². The predicted molar refractivity (Wildman–Crippen MR) is 105 cm³/mol. The summed E-state index contributed by atoms with van der Waals surface area (Å²) in [7, 11) is 0. The summed E-state index contributed by atoms with van der Waals surface area (Å²) in [6, 6.07) is 1.69. The summed E-state index contributed by atoms with van der Waals surface area (Å²) in [5, 5.41) is 3.28. The molecule has 0 aliphatic heterocycles. The lowest BCUT2D eigenvalue weighted by Crippen LogP contribution is -2.14. The fraction of sp³-hybridized carbons (Fsp3) is 0.278. The number of aromatic amines is 1. The van der Waals surface area contributed by atoms with Crippen molar-refractivity contribution in [3.05, 3.63) is 47.4 Å². The SMILES string of the molecule is CC(C)Nc1ncnc2[nH]cc(C(=O)c3c(F)ccc(NSCC(F)(F)F)c3F)c12. The molecule has 3 N–H and O–H groups in total. The van der Waals surface area contributed by atoms with Gasteiger partial charge in [0.25, 0.3) is 0 Å². The van der Waals surface area contributed by atoms with Crippen LogP contribution in [0.25, 0.3) is 11.0 Å². The summed E-state index contributed by atoms with van der Waals surface area (Å²) in [6.07, 6.45) is -1.96. The Bertz CT molecular complexity index is 1080. The van der Waals surface area contributed by atoms with E-state index >= 15 is 0 Å². The monoisotopic (exact) mass is 445 g/mol. The second-order valence-electron chi connectivity index (χ2n) is 6.57. The summed E-state index contributed by atoms with van der Waals surface area (Å²) in [6.45, 7) is 3.68. The minimum Gasteiger partial charge on any atom is -0.367 e. The van der Waals surface area contributed by atoms with Gasteiger partial charge in [-0.15, -0.1) is 0 Å². The van der Waals surface area contributed by atoms with Gasteiger partial charge in [0.1, 0.15) is 29.4 Å². The number of carbonyl (C=O) groups is 1. The average molecular weight is 445 g/mol. The van der Waals surface area contributed by atoms with Crippen LogP contribution in [0.2, 0.25) is 0 Å². The largest absolute Gasteiger partial charge is 0.399 e. The van der Waals surface area contributed by atoms with Gasteiger partial charge in [0.15, 0.2) is 5.82 Å². The molecule has 12 heteroatoms. The maximum Gasteiger partial charge on any atom is 0.399 e. The number of H-pyrrole nitrogens is 1. The number of ketones is 1. The summed E-state index contributed by atoms with van der Waals surface area (Å²) in [4.78, 5) is 23.8. The molecule has 0 saturated carbocycles. The topological polar surface area (TPSA) is 82.7 Å². The molecule has 30 heavy (non-hydrogen) atoms. The molecule has 0 saturated heterocycles. The highest BCUT2D eigenvalue weighted by atomic mass is 32.2. The number of nitrogens with zero attached hydrogens (tertiary/aromatic N) is 2. The van der Waals surface area contributed by atoms with Gasteiger partial charge in [-0.1, -0.05) is 0 Å². The Hall–Kier alpha value is -2.89. The maximum atomic E-state index is 14.8. The van der Waals surface area contributed by atoms with Crippen molar-refractivity contribution in [3.8, 4) is 0 Å². The number of aromatic nitrogens is 3. The zero-order valence-corrected chi connectivity index (χ0v) is 16.5. The lowest BCUT2D eigenvalue weighted by molar-refractivity contribution is -0.105. The molecular weight excluding hydrogens is 429 g/mol. The van der Waals surface area contributed by atoms with Crippen molar-refractivity contribution >= 4 is 40.3 Å². The van der Waals surface area contributed by atoms with E-state index in [4.69, 9.17) is 0 Å². The molecule has 0 spiro atoms. The highest BCUT2D eigenvalue weighted by Gasteiger charge is 2.29. The van der Waals surface area contributed by atoms with Crippen molar-refractivity contribution in [2.75, 3.05) is 15.8 Å². The number of rotatable bonds is 7. The molecule has 0 bridgehead atoms. The molecule has 0 aliphatic carbocycles. The number of hydrogen-bond donors (Lipinski definition) is 3. The van der Waals surface area contributed by atoms with Crippen LogP contribution in [0.3, 0.4) is 0 Å². The fourth-order valence-electron chi connectivity index (χ4n) is 2.69. The first-order valence-corrected chi connectivity index (χ1v) is 9.63. The number of nitrogens with one attached hydrogen (secondary N) is 3. The lowest BCUT2D eigenvalue weighted by atomic mass is 10.0. The van der Waals surface area contributed by atoms with Crippen molar-refractivity contribution in [3.63, 3.8) is 0 Å². The quantitative estimate of drug-likeness (QED) is 0.272. The Morgan fingerprint density at radius 2 is 1.97 bits per heavy atom. The van der Waals surface area contributed by atoms with E-state index in [-0.39, 0.29) is 34.6 Å². The molecular formula is C18H16F5N5OS. The number of halogens is 5. The van der Waals surface area contributed by atoms with Crippen molar-refractivity contribution < 1.29 is 26.7 Å². The molecule has 0 radical (unpaired) electrons. The summed E-state index contributed by atoms with van der Waals surface area (Å²) in [5.74, 6) is -4.43. The zero-order chi connectivity index (χ0) is 22.1. The third kappa shape index (κ3) is 4.64. The van der Waals surface area contributed by atoms with Gasteiger partial charge in [0.2, 0.25) is 5.78 Å². The molecule has 0 aliphatic rings. The van der Waals surface area contributed by atoms with Crippen LogP contribution < -0.4 is 10.0 Å². The molecule has 2 aromatic heterocycles. The minimum atomic E-state index is -4.48. The van der Waals surface area contributed by atoms with E-state index in [1.807, 2.05) is 13.8 Å². The molecule has 3 aromatic rings. The Morgan fingerprint density at radius 1 is 1.23 bits per heavy atom. The first kappa shape index (κ1) is 21.8. The van der Waals surface area contributed by atoms with Gasteiger partial charge in [-0.05, 0) is 37.9 Å². The first-order valence-electron chi connectivity index (χ1n) is 8.64. The van der Waals surface area contributed by atoms with Crippen molar-refractivity contribution in [1.82, 2.24) is 15.0 Å². The molecule has 0 atom stereocenters. The second-order valence-corrected chi connectivity index (χ2v) is 7.35. The average Bonchev–Trinajstić information content (AvgIpc) is 3.07. The normalized spacial score (nSPS) is 11.9. The van der Waals surface area contributed by atoms with E-state index in [9.17, 15) is 26.7 Å². The number of fused-ring (bicyclic) bond motifs is 1.